The number of aliphatic imine (C=N–C) groups is 1. The molecule has 1 aliphatic heterocycles. The van der Waals surface area contributed by atoms with Crippen molar-refractivity contribution in [2.75, 3.05) is 32.2 Å². The Balaban J connectivity index is 0.000000240. The van der Waals surface area contributed by atoms with Crippen LogP contribution in [0.3, 0.4) is 0 Å². The molecule has 29 heteroatoms. The van der Waals surface area contributed by atoms with Gasteiger partial charge in [-0.05, 0) is 49.1 Å². The minimum Gasteiger partial charge on any atom is -0.491 e. The first-order valence-electron chi connectivity index (χ1n) is 18.7. The SMILES string of the molecule is CCc1cnc(C2=NC(C)(C(C)C)C(=O)N2)c(C(=O)O)c1.COc1cnc(OC)n2nc(NS(=O)(=O)c3c(OCC(F)F)cccc3C(F)(F)F)nc12.O=C(O)COc1nc(Cl)c(Cl)cc1Cl. The lowest BCUT2D eigenvalue weighted by Crippen LogP contribution is -2.41. The number of rotatable bonds is 15. The summed E-state index contributed by atoms with van der Waals surface area (Å²) in [6, 6.07) is 4.89. The van der Waals surface area contributed by atoms with Gasteiger partial charge in [0.1, 0.15) is 33.5 Å². The number of alkyl halides is 5. The number of aromatic nitrogens is 6. The molecule has 362 valence electrons. The fourth-order valence-electron chi connectivity index (χ4n) is 5.37. The Morgan fingerprint density at radius 1 is 0.985 bits per heavy atom. The molecule has 4 N–H and O–H groups in total. The van der Waals surface area contributed by atoms with Crippen LogP contribution in [0.5, 0.6) is 23.4 Å². The van der Waals surface area contributed by atoms with Crippen molar-refractivity contribution in [3.05, 3.63) is 80.3 Å². The summed E-state index contributed by atoms with van der Waals surface area (Å²) in [6.45, 7) is 5.60. The molecule has 0 spiro atoms. The number of pyridine rings is 2. The van der Waals surface area contributed by atoms with E-state index >= 15 is 0 Å². The lowest BCUT2D eigenvalue weighted by Gasteiger charge is -2.21. The second kappa shape index (κ2) is 21.9. The number of hydrogen-bond acceptors (Lipinski definition) is 15. The van der Waals surface area contributed by atoms with Crippen LogP contribution in [-0.2, 0) is 32.2 Å². The Kier molecular flexibility index (Phi) is 17.4. The topological polar surface area (TPSA) is 268 Å². The van der Waals surface area contributed by atoms with Crippen LogP contribution in [0, 0.1) is 5.92 Å². The number of hydrogen-bond donors (Lipinski definition) is 4. The quantitative estimate of drug-likeness (QED) is 0.0624. The molecule has 20 nitrogen and oxygen atoms in total. The van der Waals surface area contributed by atoms with Gasteiger partial charge in [-0.15, -0.1) is 5.10 Å². The van der Waals surface area contributed by atoms with Gasteiger partial charge in [-0.1, -0.05) is 61.6 Å². The number of carbonyl (C=O) groups is 3. The summed E-state index contributed by atoms with van der Waals surface area (Å²) in [5.41, 5.74) is -1.49. The summed E-state index contributed by atoms with van der Waals surface area (Å²) in [5, 5.41) is 24.4. The van der Waals surface area contributed by atoms with Gasteiger partial charge in [0.2, 0.25) is 11.5 Å². The Morgan fingerprint density at radius 3 is 2.22 bits per heavy atom. The molecule has 0 bridgehead atoms. The normalized spacial score (nSPS) is 14.6. The van der Waals surface area contributed by atoms with E-state index in [1.807, 2.05) is 20.8 Å². The number of amidine groups is 1. The Morgan fingerprint density at radius 2 is 1.67 bits per heavy atom. The molecular weight excluding hydrogens is 992 g/mol. The third kappa shape index (κ3) is 13.0. The van der Waals surface area contributed by atoms with E-state index in [4.69, 9.17) is 54.1 Å². The smallest absolute Gasteiger partial charge is 0.417 e. The van der Waals surface area contributed by atoms with Crippen LogP contribution in [0.15, 0.2) is 52.6 Å². The van der Waals surface area contributed by atoms with Crippen LogP contribution < -0.4 is 29.0 Å². The zero-order valence-corrected chi connectivity index (χ0v) is 38.5. The van der Waals surface area contributed by atoms with Crippen molar-refractivity contribution in [2.24, 2.45) is 10.9 Å². The van der Waals surface area contributed by atoms with Gasteiger partial charge in [-0.25, -0.2) is 36.5 Å². The second-order valence-corrected chi connectivity index (χ2v) is 16.6. The van der Waals surface area contributed by atoms with E-state index in [0.29, 0.717) is 12.5 Å². The van der Waals surface area contributed by atoms with Gasteiger partial charge < -0.3 is 34.5 Å². The van der Waals surface area contributed by atoms with Crippen molar-refractivity contribution in [3.63, 3.8) is 0 Å². The van der Waals surface area contributed by atoms with E-state index in [2.05, 4.69) is 40.1 Å². The van der Waals surface area contributed by atoms with Crippen molar-refractivity contribution in [1.82, 2.24) is 34.9 Å². The van der Waals surface area contributed by atoms with Crippen LogP contribution in [0.25, 0.3) is 5.65 Å². The van der Waals surface area contributed by atoms with Crippen LogP contribution in [-0.4, -0.2) is 111 Å². The van der Waals surface area contributed by atoms with Gasteiger partial charge >= 0.3 is 24.1 Å². The number of carbonyl (C=O) groups excluding carboxylic acids is 1. The van der Waals surface area contributed by atoms with Crippen molar-refractivity contribution in [3.8, 4) is 23.4 Å². The number of ether oxygens (including phenoxy) is 4. The Hall–Kier alpha value is -6.38. The molecule has 1 amide bonds. The number of benzene rings is 1. The maximum absolute atomic E-state index is 13.5. The summed E-state index contributed by atoms with van der Waals surface area (Å²) in [4.78, 5) is 52.3. The number of aromatic carboxylic acids is 1. The van der Waals surface area contributed by atoms with E-state index < -0.39 is 75.5 Å². The van der Waals surface area contributed by atoms with Gasteiger partial charge in [0, 0.05) is 6.20 Å². The van der Waals surface area contributed by atoms with Gasteiger partial charge in [-0.2, -0.15) is 32.6 Å². The summed E-state index contributed by atoms with van der Waals surface area (Å²) in [7, 11) is -2.56. The predicted molar refractivity (Wildman–Crippen MR) is 229 cm³/mol. The molecule has 0 saturated carbocycles. The zero-order valence-electron chi connectivity index (χ0n) is 35.4. The molecular formula is C38H37Cl3F5N9O11S. The summed E-state index contributed by atoms with van der Waals surface area (Å²) in [6.07, 6.45) is -4.69. The number of nitrogens with zero attached hydrogens (tertiary/aromatic N) is 7. The van der Waals surface area contributed by atoms with Crippen molar-refractivity contribution >= 4 is 80.1 Å². The van der Waals surface area contributed by atoms with Gasteiger partial charge in [0.15, 0.2) is 23.3 Å². The molecule has 1 aromatic carbocycles. The molecule has 67 heavy (non-hydrogen) atoms. The molecule has 1 atom stereocenters. The van der Waals surface area contributed by atoms with Crippen LogP contribution in [0.1, 0.15) is 54.9 Å². The molecule has 4 aromatic heterocycles. The maximum Gasteiger partial charge on any atom is 0.417 e. The monoisotopic (exact) mass is 1030 g/mol. The highest BCUT2D eigenvalue weighted by atomic mass is 35.5. The average Bonchev–Trinajstić information content (AvgIpc) is 3.82. The average molecular weight is 1030 g/mol. The van der Waals surface area contributed by atoms with Gasteiger partial charge in [0.25, 0.3) is 28.3 Å². The van der Waals surface area contributed by atoms with E-state index in [9.17, 15) is 49.9 Å². The number of methoxy groups -OCH3 is 2. The Labute approximate surface area is 391 Å². The first-order chi connectivity index (χ1) is 31.3. The molecule has 6 rings (SSSR count). The summed E-state index contributed by atoms with van der Waals surface area (Å²) in [5.74, 6) is -3.79. The van der Waals surface area contributed by atoms with E-state index in [0.717, 1.165) is 22.2 Å². The lowest BCUT2D eigenvalue weighted by molar-refractivity contribution is -0.140. The molecule has 0 saturated heterocycles. The standard InChI is InChI=1S/C16H14F5N5O5S.C15H19N3O3.C7H4Cl3NO3/c1-29-10-6-22-15(30-2)26-13(10)23-14(24-26)25-32(27,28)12-8(16(19,20)21)4-3-5-9(12)31-7-11(17)18;1-5-9-6-10(13(19)20)11(16-7-9)12-17-14(21)15(4,18-12)8(2)3;8-3-1-4(9)7(11-6(3)10)14-2-5(12)13/h3-6,11H,7H2,1-2H3,(H,24,25);6-8H,5H2,1-4H3,(H,19,20)(H,17,18,21);1H,2H2,(H,12,13). The fourth-order valence-corrected chi connectivity index (χ4v) is 7.21. The fraction of sp³-hybridized carbons (Fsp3) is 0.342. The Bertz CT molecular complexity index is 2760. The number of fused-ring (bicyclic) bond motifs is 1. The van der Waals surface area contributed by atoms with E-state index in [-0.39, 0.29) is 67.4 Å². The minimum absolute atomic E-state index is 0.00167. The number of amides is 1. The number of carboxylic acids is 2. The third-order valence-electron chi connectivity index (χ3n) is 9.00. The highest BCUT2D eigenvalue weighted by Gasteiger charge is 2.43. The molecule has 0 radical (unpaired) electrons. The van der Waals surface area contributed by atoms with Gasteiger partial charge in [0.05, 0.1) is 36.6 Å². The highest BCUT2D eigenvalue weighted by Crippen LogP contribution is 2.40. The van der Waals surface area contributed by atoms with Crippen molar-refractivity contribution in [1.29, 1.82) is 0 Å². The molecule has 1 unspecified atom stereocenters. The minimum atomic E-state index is -5.14. The number of nitrogens with one attached hydrogen (secondary N) is 2. The second-order valence-electron chi connectivity index (χ2n) is 13.8. The van der Waals surface area contributed by atoms with E-state index in [1.165, 1.54) is 26.5 Å². The largest absolute Gasteiger partial charge is 0.491 e. The van der Waals surface area contributed by atoms with Crippen molar-refractivity contribution in [2.45, 2.75) is 57.2 Å². The maximum atomic E-state index is 13.5. The number of carboxylic acid groups (broad SMARTS) is 2. The first-order valence-corrected chi connectivity index (χ1v) is 21.4. The highest BCUT2D eigenvalue weighted by molar-refractivity contribution is 7.92. The number of halogens is 8. The van der Waals surface area contributed by atoms with Gasteiger partial charge in [-0.3, -0.25) is 9.78 Å². The molecule has 0 aliphatic carbocycles. The molecule has 0 fully saturated rings. The lowest BCUT2D eigenvalue weighted by atomic mass is 9.89. The predicted octanol–water partition coefficient (Wildman–Crippen LogP) is 6.74. The molecule has 5 heterocycles. The number of aliphatic carboxylic acids is 1. The van der Waals surface area contributed by atoms with Crippen LogP contribution in [0.2, 0.25) is 15.2 Å². The summed E-state index contributed by atoms with van der Waals surface area (Å²) >= 11 is 16.8. The first kappa shape index (κ1) is 53.2. The third-order valence-corrected chi connectivity index (χ3v) is 11.4. The van der Waals surface area contributed by atoms with Crippen LogP contribution >= 0.6 is 34.8 Å². The molecule has 5 aromatic rings. The number of anilines is 1. The summed E-state index contributed by atoms with van der Waals surface area (Å²) < 4.78 is 113. The van der Waals surface area contributed by atoms with Crippen molar-refractivity contribution < 1.29 is 73.9 Å². The number of aryl methyl sites for hydroxylation is 1. The molecule has 1 aliphatic rings. The van der Waals surface area contributed by atoms with E-state index in [1.54, 1.807) is 23.9 Å². The van der Waals surface area contributed by atoms with Crippen LogP contribution in [0.4, 0.5) is 27.9 Å². The zero-order chi connectivity index (χ0) is 50.2. The number of sulfonamides is 1.